The van der Waals surface area contributed by atoms with E-state index in [9.17, 15) is 0 Å². The summed E-state index contributed by atoms with van der Waals surface area (Å²) in [6, 6.07) is 10.4. The van der Waals surface area contributed by atoms with Crippen molar-refractivity contribution in [3.05, 3.63) is 40.4 Å². The Bertz CT molecular complexity index is 464. The van der Waals surface area contributed by atoms with E-state index in [4.69, 9.17) is 26.9 Å². The van der Waals surface area contributed by atoms with Crippen molar-refractivity contribution in [1.82, 2.24) is 0 Å². The van der Waals surface area contributed by atoms with Gasteiger partial charge in [0.1, 0.15) is 12.1 Å². The number of rotatable bonds is 2. The van der Waals surface area contributed by atoms with Gasteiger partial charge in [0.15, 0.2) is 11.3 Å². The molecule has 1 aromatic rings. The zero-order valence-corrected chi connectivity index (χ0v) is 8.75. The summed E-state index contributed by atoms with van der Waals surface area (Å²) in [5.41, 5.74) is 0.449. The number of nitrogens with zero attached hydrogens (tertiary/aromatic N) is 2. The van der Waals surface area contributed by atoms with Crippen molar-refractivity contribution in [2.45, 2.75) is 0 Å². The molecule has 0 radical (unpaired) electrons. The van der Waals surface area contributed by atoms with Crippen molar-refractivity contribution in [2.75, 3.05) is 7.11 Å². The average molecular weight is 219 g/mol. The molecule has 1 aromatic carbocycles. The minimum atomic E-state index is -0.0920. The first-order valence-corrected chi connectivity index (χ1v) is 4.45. The van der Waals surface area contributed by atoms with Gasteiger partial charge in [0.2, 0.25) is 0 Å². The maximum atomic E-state index is 8.73. The van der Waals surface area contributed by atoms with E-state index >= 15 is 0 Å². The zero-order valence-electron chi connectivity index (χ0n) is 7.99. The second-order valence-corrected chi connectivity index (χ2v) is 3.02. The predicted octanol–water partition coefficient (Wildman–Crippen LogP) is 2.74. The van der Waals surface area contributed by atoms with Gasteiger partial charge >= 0.3 is 0 Å². The van der Waals surface area contributed by atoms with Crippen molar-refractivity contribution >= 4 is 17.4 Å². The molecule has 3 nitrogen and oxygen atoms in total. The van der Waals surface area contributed by atoms with Crippen molar-refractivity contribution in [1.29, 1.82) is 10.5 Å². The van der Waals surface area contributed by atoms with Gasteiger partial charge in [0, 0.05) is 5.56 Å². The Balaban J connectivity index is 3.40. The van der Waals surface area contributed by atoms with E-state index in [1.807, 2.05) is 0 Å². The van der Waals surface area contributed by atoms with Gasteiger partial charge in [0.25, 0.3) is 0 Å². The van der Waals surface area contributed by atoms with Crippen molar-refractivity contribution in [3.8, 4) is 12.1 Å². The largest absolute Gasteiger partial charge is 0.494 e. The molecule has 0 N–H and O–H groups in total. The highest BCUT2D eigenvalue weighted by Gasteiger charge is 2.12. The van der Waals surface area contributed by atoms with Gasteiger partial charge in [-0.1, -0.05) is 23.7 Å². The van der Waals surface area contributed by atoms with Gasteiger partial charge in [-0.3, -0.25) is 0 Å². The standard InChI is InChI=1S/C11H7ClN2O/c1-15-11(8(6-13)7-14)9-4-2-3-5-10(9)12/h2-5H,1H3. The number of hydrogen-bond acceptors (Lipinski definition) is 3. The first kappa shape index (κ1) is 11.1. The summed E-state index contributed by atoms with van der Waals surface area (Å²) in [5.74, 6) is 0.200. The lowest BCUT2D eigenvalue weighted by Crippen LogP contribution is -1.92. The van der Waals surface area contributed by atoms with Crippen molar-refractivity contribution in [3.63, 3.8) is 0 Å². The van der Waals surface area contributed by atoms with Crippen LogP contribution < -0.4 is 0 Å². The molecule has 0 saturated heterocycles. The second-order valence-electron chi connectivity index (χ2n) is 2.61. The molecule has 0 aliphatic rings. The third kappa shape index (κ3) is 2.28. The van der Waals surface area contributed by atoms with Crippen LogP contribution in [0.5, 0.6) is 0 Å². The lowest BCUT2D eigenvalue weighted by Gasteiger charge is -2.07. The Labute approximate surface area is 92.8 Å². The number of hydrogen-bond donors (Lipinski definition) is 0. The third-order valence-corrected chi connectivity index (χ3v) is 2.10. The fraction of sp³-hybridized carbons (Fsp3) is 0.0909. The van der Waals surface area contributed by atoms with Crippen LogP contribution in [0.15, 0.2) is 29.8 Å². The van der Waals surface area contributed by atoms with Crippen LogP contribution in [-0.2, 0) is 4.74 Å². The summed E-state index contributed by atoms with van der Waals surface area (Å²) >= 11 is 5.92. The van der Waals surface area contributed by atoms with Gasteiger partial charge < -0.3 is 4.74 Å². The molecule has 0 atom stereocenters. The lowest BCUT2D eigenvalue weighted by molar-refractivity contribution is 0.369. The fourth-order valence-electron chi connectivity index (χ4n) is 1.12. The van der Waals surface area contributed by atoms with Crippen LogP contribution in [0.25, 0.3) is 5.76 Å². The van der Waals surface area contributed by atoms with Crippen LogP contribution >= 0.6 is 11.6 Å². The highest BCUT2D eigenvalue weighted by Crippen LogP contribution is 2.26. The van der Waals surface area contributed by atoms with Gasteiger partial charge in [-0.25, -0.2) is 0 Å². The van der Waals surface area contributed by atoms with Crippen molar-refractivity contribution < 1.29 is 4.74 Å². The summed E-state index contributed by atoms with van der Waals surface area (Å²) in [6.45, 7) is 0. The molecule has 0 saturated carbocycles. The third-order valence-electron chi connectivity index (χ3n) is 1.77. The fourth-order valence-corrected chi connectivity index (χ4v) is 1.34. The highest BCUT2D eigenvalue weighted by atomic mass is 35.5. The number of benzene rings is 1. The molecule has 0 aliphatic heterocycles. The van der Waals surface area contributed by atoms with Crippen LogP contribution in [0.3, 0.4) is 0 Å². The van der Waals surface area contributed by atoms with E-state index in [1.165, 1.54) is 7.11 Å². The smallest absolute Gasteiger partial charge is 0.172 e. The van der Waals surface area contributed by atoms with Crippen LogP contribution in [0.2, 0.25) is 5.02 Å². The summed E-state index contributed by atoms with van der Waals surface area (Å²) < 4.78 is 5.01. The second kappa shape index (κ2) is 5.05. The molecular formula is C11H7ClN2O. The normalized spacial score (nSPS) is 8.53. The molecule has 74 valence electrons. The molecule has 0 fully saturated rings. The van der Waals surface area contributed by atoms with E-state index in [0.717, 1.165) is 0 Å². The Morgan fingerprint density at radius 2 is 1.87 bits per heavy atom. The zero-order chi connectivity index (χ0) is 11.3. The van der Waals surface area contributed by atoms with Crippen molar-refractivity contribution in [2.24, 2.45) is 0 Å². The first-order chi connectivity index (χ1) is 7.24. The van der Waals surface area contributed by atoms with E-state index in [1.54, 1.807) is 36.4 Å². The van der Waals surface area contributed by atoms with Crippen LogP contribution in [-0.4, -0.2) is 7.11 Å². The summed E-state index contributed by atoms with van der Waals surface area (Å²) in [4.78, 5) is 0. The number of methoxy groups -OCH3 is 1. The first-order valence-electron chi connectivity index (χ1n) is 4.08. The molecule has 0 heterocycles. The Morgan fingerprint density at radius 1 is 1.27 bits per heavy atom. The Kier molecular flexibility index (Phi) is 3.74. The molecule has 0 spiro atoms. The lowest BCUT2D eigenvalue weighted by atomic mass is 10.1. The minimum Gasteiger partial charge on any atom is -0.494 e. The van der Waals surface area contributed by atoms with Gasteiger partial charge in [-0.15, -0.1) is 0 Å². The van der Waals surface area contributed by atoms with Gasteiger partial charge in [-0.2, -0.15) is 10.5 Å². The molecule has 1 rings (SSSR count). The Hall–Kier alpha value is -1.97. The molecule has 0 unspecified atom stereocenters. The molecule has 0 aliphatic carbocycles. The van der Waals surface area contributed by atoms with E-state index in [2.05, 4.69) is 0 Å². The van der Waals surface area contributed by atoms with Gasteiger partial charge in [0.05, 0.1) is 12.1 Å². The molecule has 4 heteroatoms. The molecule has 0 bridgehead atoms. The average Bonchev–Trinajstić information content (AvgIpc) is 2.27. The van der Waals surface area contributed by atoms with E-state index in [0.29, 0.717) is 10.6 Å². The number of nitriles is 2. The molecule has 15 heavy (non-hydrogen) atoms. The topological polar surface area (TPSA) is 56.8 Å². The predicted molar refractivity (Wildman–Crippen MR) is 56.6 cm³/mol. The minimum absolute atomic E-state index is 0.0920. The number of ether oxygens (including phenoxy) is 1. The summed E-state index contributed by atoms with van der Waals surface area (Å²) in [7, 11) is 1.40. The highest BCUT2D eigenvalue weighted by molar-refractivity contribution is 6.32. The maximum Gasteiger partial charge on any atom is 0.172 e. The Morgan fingerprint density at radius 3 is 2.33 bits per heavy atom. The van der Waals surface area contributed by atoms with Gasteiger partial charge in [-0.05, 0) is 12.1 Å². The van der Waals surface area contributed by atoms with E-state index < -0.39 is 0 Å². The molecule has 0 amide bonds. The monoisotopic (exact) mass is 218 g/mol. The number of allylic oxidation sites excluding steroid dienone is 1. The molecular weight excluding hydrogens is 212 g/mol. The number of halogens is 1. The SMILES string of the molecule is COC(=C(C#N)C#N)c1ccccc1Cl. The van der Waals surface area contributed by atoms with Crippen LogP contribution in [0, 0.1) is 22.7 Å². The molecule has 0 aromatic heterocycles. The summed E-state index contributed by atoms with van der Waals surface area (Å²) in [6.07, 6.45) is 0. The van der Waals surface area contributed by atoms with Crippen LogP contribution in [0.1, 0.15) is 5.56 Å². The summed E-state index contributed by atoms with van der Waals surface area (Å²) in [5, 5.41) is 17.9. The quantitative estimate of drug-likeness (QED) is 0.567. The maximum absolute atomic E-state index is 8.73. The van der Waals surface area contributed by atoms with Crippen LogP contribution in [0.4, 0.5) is 0 Å². The van der Waals surface area contributed by atoms with E-state index in [-0.39, 0.29) is 11.3 Å².